The summed E-state index contributed by atoms with van der Waals surface area (Å²) in [7, 11) is 0. The van der Waals surface area contributed by atoms with Crippen LogP contribution in [0.5, 0.6) is 0 Å². The van der Waals surface area contributed by atoms with Gasteiger partial charge in [-0.1, -0.05) is 25.1 Å². The van der Waals surface area contributed by atoms with Crippen LogP contribution in [0.2, 0.25) is 0 Å². The molecule has 0 aliphatic rings. The topological polar surface area (TPSA) is 63.0 Å². The van der Waals surface area contributed by atoms with Crippen LogP contribution in [0.3, 0.4) is 0 Å². The summed E-state index contributed by atoms with van der Waals surface area (Å²) in [4.78, 5) is 8.95. The lowest BCUT2D eigenvalue weighted by atomic mass is 10.3. The van der Waals surface area contributed by atoms with E-state index >= 15 is 0 Å². The van der Waals surface area contributed by atoms with E-state index in [1.165, 1.54) is 0 Å². The minimum atomic E-state index is -0.357. The highest BCUT2D eigenvalue weighted by Crippen LogP contribution is 2.17. The molecule has 0 radical (unpaired) electrons. The van der Waals surface area contributed by atoms with Gasteiger partial charge in [-0.05, 0) is 30.7 Å². The van der Waals surface area contributed by atoms with Gasteiger partial charge in [0.15, 0.2) is 0 Å². The Morgan fingerprint density at radius 3 is 2.90 bits per heavy atom. The number of anilines is 1. The van der Waals surface area contributed by atoms with Gasteiger partial charge in [0, 0.05) is 6.54 Å². The summed E-state index contributed by atoms with van der Waals surface area (Å²) in [6, 6.07) is 13.7. The molecule has 1 atom stereocenters. The summed E-state index contributed by atoms with van der Waals surface area (Å²) in [5.74, 6) is 1.55. The molecule has 21 heavy (non-hydrogen) atoms. The zero-order valence-electron chi connectivity index (χ0n) is 11.9. The molecule has 0 saturated carbocycles. The van der Waals surface area contributed by atoms with Gasteiger partial charge in [-0.15, -0.1) is 0 Å². The van der Waals surface area contributed by atoms with Crippen LogP contribution in [0.25, 0.3) is 16.9 Å². The van der Waals surface area contributed by atoms with Crippen molar-refractivity contribution in [3.8, 4) is 5.82 Å². The van der Waals surface area contributed by atoms with Gasteiger partial charge in [0.1, 0.15) is 18.0 Å². The van der Waals surface area contributed by atoms with Crippen molar-refractivity contribution < 1.29 is 5.11 Å². The minimum absolute atomic E-state index is 0.357. The maximum absolute atomic E-state index is 9.61. The number of para-hydroxylation sites is 2. The average Bonchev–Trinajstić information content (AvgIpc) is 2.97. The third kappa shape index (κ3) is 2.87. The number of nitrogens with zero attached hydrogens (tertiary/aromatic N) is 3. The third-order valence-electron chi connectivity index (χ3n) is 3.42. The van der Waals surface area contributed by atoms with E-state index in [0.717, 1.165) is 29.1 Å². The number of pyridine rings is 1. The summed E-state index contributed by atoms with van der Waals surface area (Å²) < 4.78 is 1.96. The summed E-state index contributed by atoms with van der Waals surface area (Å²) >= 11 is 0. The van der Waals surface area contributed by atoms with Crippen LogP contribution < -0.4 is 5.32 Å². The molecule has 0 amide bonds. The summed E-state index contributed by atoms with van der Waals surface area (Å²) in [6.07, 6.45) is 2.14. The highest BCUT2D eigenvalue weighted by molar-refractivity contribution is 5.76. The number of nitrogens with one attached hydrogen (secondary N) is 1. The third-order valence-corrected chi connectivity index (χ3v) is 3.42. The Hall–Kier alpha value is -2.40. The Balaban J connectivity index is 1.89. The average molecular weight is 282 g/mol. The van der Waals surface area contributed by atoms with E-state index in [1.807, 2.05) is 54.0 Å². The molecule has 0 aliphatic heterocycles. The molecule has 2 heterocycles. The molecule has 2 N–H and O–H groups in total. The maximum atomic E-state index is 9.61. The number of rotatable bonds is 5. The highest BCUT2D eigenvalue weighted by Gasteiger charge is 2.06. The lowest BCUT2D eigenvalue weighted by molar-refractivity contribution is 0.183. The molecule has 1 aromatic carbocycles. The van der Waals surface area contributed by atoms with Gasteiger partial charge in [-0.3, -0.25) is 4.57 Å². The molecular weight excluding hydrogens is 264 g/mol. The zero-order valence-corrected chi connectivity index (χ0v) is 11.9. The fourth-order valence-electron chi connectivity index (χ4n) is 2.16. The van der Waals surface area contributed by atoms with Crippen LogP contribution in [0.4, 0.5) is 5.82 Å². The molecule has 5 heteroatoms. The molecule has 0 bridgehead atoms. The Morgan fingerprint density at radius 1 is 1.19 bits per heavy atom. The van der Waals surface area contributed by atoms with E-state index in [0.29, 0.717) is 6.54 Å². The molecule has 0 aliphatic carbocycles. The van der Waals surface area contributed by atoms with Crippen LogP contribution in [0.15, 0.2) is 48.8 Å². The van der Waals surface area contributed by atoms with Crippen molar-refractivity contribution in [2.75, 3.05) is 11.9 Å². The second kappa shape index (κ2) is 5.93. The van der Waals surface area contributed by atoms with E-state index in [4.69, 9.17) is 0 Å². The fourth-order valence-corrected chi connectivity index (χ4v) is 2.16. The molecule has 0 fully saturated rings. The first-order valence-electron chi connectivity index (χ1n) is 7.09. The molecule has 2 aromatic heterocycles. The quantitative estimate of drug-likeness (QED) is 0.755. The first-order chi connectivity index (χ1) is 10.3. The number of fused-ring (bicyclic) bond motifs is 1. The van der Waals surface area contributed by atoms with Gasteiger partial charge in [0.25, 0.3) is 0 Å². The van der Waals surface area contributed by atoms with Crippen molar-refractivity contribution in [3.05, 3.63) is 48.8 Å². The molecule has 3 aromatic rings. The lowest BCUT2D eigenvalue weighted by Gasteiger charge is -2.11. The molecule has 0 saturated heterocycles. The van der Waals surface area contributed by atoms with E-state index in [2.05, 4.69) is 15.3 Å². The number of aromatic nitrogens is 3. The Bertz CT molecular complexity index is 738. The number of benzene rings is 1. The number of hydrogen-bond donors (Lipinski definition) is 2. The molecule has 5 nitrogen and oxygen atoms in total. The SMILES string of the molecule is CCC(O)CNc1cccc(-n2cnc3ccccc32)n1. The first-order valence-corrected chi connectivity index (χ1v) is 7.09. The maximum Gasteiger partial charge on any atom is 0.140 e. The van der Waals surface area contributed by atoms with Crippen molar-refractivity contribution in [3.63, 3.8) is 0 Å². The molecule has 3 rings (SSSR count). The van der Waals surface area contributed by atoms with E-state index in [9.17, 15) is 5.11 Å². The van der Waals surface area contributed by atoms with E-state index < -0.39 is 0 Å². The molecular formula is C16H18N4O. The fraction of sp³-hybridized carbons (Fsp3) is 0.250. The van der Waals surface area contributed by atoms with Gasteiger partial charge in [-0.25, -0.2) is 9.97 Å². The zero-order chi connectivity index (χ0) is 14.7. The lowest BCUT2D eigenvalue weighted by Crippen LogP contribution is -2.18. The van der Waals surface area contributed by atoms with Crippen LogP contribution in [0, 0.1) is 0 Å². The highest BCUT2D eigenvalue weighted by atomic mass is 16.3. The number of imidazole rings is 1. The van der Waals surface area contributed by atoms with Crippen molar-refractivity contribution in [1.29, 1.82) is 0 Å². The monoisotopic (exact) mass is 282 g/mol. The van der Waals surface area contributed by atoms with Gasteiger partial charge in [0.05, 0.1) is 17.1 Å². The van der Waals surface area contributed by atoms with Crippen molar-refractivity contribution in [2.45, 2.75) is 19.4 Å². The van der Waals surface area contributed by atoms with E-state index in [-0.39, 0.29) is 6.10 Å². The van der Waals surface area contributed by atoms with Crippen LogP contribution in [-0.2, 0) is 0 Å². The second-order valence-electron chi connectivity index (χ2n) is 4.93. The Kier molecular flexibility index (Phi) is 3.83. The number of aliphatic hydroxyl groups excluding tert-OH is 1. The van der Waals surface area contributed by atoms with Crippen LogP contribution in [0.1, 0.15) is 13.3 Å². The predicted molar refractivity (Wildman–Crippen MR) is 83.7 cm³/mol. The summed E-state index contributed by atoms with van der Waals surface area (Å²) in [5, 5.41) is 12.8. The van der Waals surface area contributed by atoms with Gasteiger partial charge >= 0.3 is 0 Å². The molecule has 0 spiro atoms. The van der Waals surface area contributed by atoms with Crippen LogP contribution in [-0.4, -0.2) is 32.3 Å². The largest absolute Gasteiger partial charge is 0.391 e. The van der Waals surface area contributed by atoms with Crippen molar-refractivity contribution in [1.82, 2.24) is 14.5 Å². The Labute approximate surface area is 123 Å². The standard InChI is InChI=1S/C16H18N4O/c1-2-12(21)10-17-15-8-5-9-16(19-15)20-11-18-13-6-3-4-7-14(13)20/h3-9,11-12,21H,2,10H2,1H3,(H,17,19). The Morgan fingerprint density at radius 2 is 2.05 bits per heavy atom. The van der Waals surface area contributed by atoms with Crippen LogP contribution >= 0.6 is 0 Å². The van der Waals surface area contributed by atoms with E-state index in [1.54, 1.807) is 6.33 Å². The molecule has 1 unspecified atom stereocenters. The summed E-state index contributed by atoms with van der Waals surface area (Å²) in [6.45, 7) is 2.45. The van der Waals surface area contributed by atoms with Crippen molar-refractivity contribution in [2.24, 2.45) is 0 Å². The van der Waals surface area contributed by atoms with Gasteiger partial charge in [0.2, 0.25) is 0 Å². The minimum Gasteiger partial charge on any atom is -0.391 e. The molecule has 108 valence electrons. The predicted octanol–water partition coefficient (Wildman–Crippen LogP) is 2.60. The normalized spacial score (nSPS) is 12.5. The summed E-state index contributed by atoms with van der Waals surface area (Å²) in [5.41, 5.74) is 1.97. The first kappa shape index (κ1) is 13.6. The van der Waals surface area contributed by atoms with Gasteiger partial charge < -0.3 is 10.4 Å². The van der Waals surface area contributed by atoms with Crippen molar-refractivity contribution >= 4 is 16.9 Å². The smallest absolute Gasteiger partial charge is 0.140 e. The number of aliphatic hydroxyl groups is 1. The van der Waals surface area contributed by atoms with Gasteiger partial charge in [-0.2, -0.15) is 0 Å². The number of hydrogen-bond acceptors (Lipinski definition) is 4. The second-order valence-corrected chi connectivity index (χ2v) is 4.93.